The van der Waals surface area contributed by atoms with Crippen LogP contribution in [0.25, 0.3) is 0 Å². The van der Waals surface area contributed by atoms with Crippen molar-refractivity contribution in [2.45, 2.75) is 50.7 Å². The standard InChI is InChI=1S/C26H33F3N4O2/c1-17-13-20(24(35)30-2)6-5-19(17)14-21(33(3)4)16-32-23(34)15-22(18-7-11-31-12-8-18)25(9-10-25)26(27,28)29/h5-8,11-13,21-22H,9-10,14-16H2,1-4H3,(H,30,35)(H,32,34)/t21-,22+/m0/s1. The lowest BCUT2D eigenvalue weighted by molar-refractivity contribution is -0.194. The third-order valence-electron chi connectivity index (χ3n) is 7.07. The van der Waals surface area contributed by atoms with Crippen molar-refractivity contribution >= 4 is 11.8 Å². The number of aryl methyl sites for hydroxylation is 1. The van der Waals surface area contributed by atoms with Crippen LogP contribution in [0.1, 0.15) is 52.2 Å². The monoisotopic (exact) mass is 490 g/mol. The molecule has 1 saturated carbocycles. The van der Waals surface area contributed by atoms with Crippen molar-refractivity contribution in [2.24, 2.45) is 5.41 Å². The summed E-state index contributed by atoms with van der Waals surface area (Å²) in [5.41, 5.74) is 1.21. The second-order valence-corrected chi connectivity index (χ2v) is 9.54. The van der Waals surface area contributed by atoms with E-state index >= 15 is 0 Å². The van der Waals surface area contributed by atoms with Crippen LogP contribution in [0.5, 0.6) is 0 Å². The minimum atomic E-state index is -4.37. The zero-order valence-corrected chi connectivity index (χ0v) is 20.6. The molecule has 0 bridgehead atoms. The number of carbonyl (C=O) groups excluding carboxylic acids is 2. The van der Waals surface area contributed by atoms with E-state index < -0.39 is 23.4 Å². The number of aromatic nitrogens is 1. The summed E-state index contributed by atoms with van der Waals surface area (Å²) in [6, 6.07) is 8.55. The number of nitrogens with zero attached hydrogens (tertiary/aromatic N) is 2. The van der Waals surface area contributed by atoms with Gasteiger partial charge in [-0.05, 0) is 81.2 Å². The largest absolute Gasteiger partial charge is 0.395 e. The average molecular weight is 491 g/mol. The third kappa shape index (κ3) is 6.20. The van der Waals surface area contributed by atoms with Gasteiger partial charge in [0.1, 0.15) is 0 Å². The van der Waals surface area contributed by atoms with Crippen LogP contribution in [-0.4, -0.2) is 61.6 Å². The highest BCUT2D eigenvalue weighted by Crippen LogP contribution is 2.66. The molecule has 2 N–H and O–H groups in total. The van der Waals surface area contributed by atoms with E-state index in [4.69, 9.17) is 0 Å². The maximum absolute atomic E-state index is 13.9. The Hall–Kier alpha value is -2.94. The molecule has 0 spiro atoms. The molecule has 1 aliphatic carbocycles. The number of halogens is 3. The fourth-order valence-electron chi connectivity index (χ4n) is 4.58. The molecule has 0 saturated heterocycles. The fraction of sp³-hybridized carbons (Fsp3) is 0.500. The van der Waals surface area contributed by atoms with E-state index in [9.17, 15) is 22.8 Å². The van der Waals surface area contributed by atoms with Crippen molar-refractivity contribution in [1.82, 2.24) is 20.5 Å². The first-order chi connectivity index (χ1) is 16.5. The van der Waals surface area contributed by atoms with Crippen molar-refractivity contribution in [3.8, 4) is 0 Å². The van der Waals surface area contributed by atoms with Crippen molar-refractivity contribution in [2.75, 3.05) is 27.7 Å². The van der Waals surface area contributed by atoms with Gasteiger partial charge in [-0.15, -0.1) is 0 Å². The summed E-state index contributed by atoms with van der Waals surface area (Å²) in [5, 5.41) is 5.47. The van der Waals surface area contributed by atoms with E-state index in [1.807, 2.05) is 38.1 Å². The van der Waals surface area contributed by atoms with Gasteiger partial charge in [-0.3, -0.25) is 14.6 Å². The normalized spacial score (nSPS) is 16.5. The molecule has 2 atom stereocenters. The topological polar surface area (TPSA) is 74.3 Å². The molecule has 1 aromatic carbocycles. The van der Waals surface area contributed by atoms with E-state index in [1.54, 1.807) is 25.2 Å². The molecule has 0 aliphatic heterocycles. The molecule has 2 aromatic rings. The van der Waals surface area contributed by atoms with Gasteiger partial charge in [0.2, 0.25) is 5.91 Å². The van der Waals surface area contributed by atoms with Gasteiger partial charge in [-0.2, -0.15) is 13.2 Å². The molecule has 2 amide bonds. The number of pyridine rings is 1. The van der Waals surface area contributed by atoms with E-state index in [-0.39, 0.29) is 31.2 Å². The second-order valence-electron chi connectivity index (χ2n) is 9.54. The Kier molecular flexibility index (Phi) is 8.20. The Bertz CT molecular complexity index is 1040. The summed E-state index contributed by atoms with van der Waals surface area (Å²) in [5.74, 6) is -1.50. The van der Waals surface area contributed by atoms with Crippen molar-refractivity contribution in [3.63, 3.8) is 0 Å². The Morgan fingerprint density at radius 1 is 1.14 bits per heavy atom. The van der Waals surface area contributed by atoms with Crippen LogP contribution < -0.4 is 10.6 Å². The highest BCUT2D eigenvalue weighted by molar-refractivity contribution is 5.94. The predicted molar refractivity (Wildman–Crippen MR) is 128 cm³/mol. The van der Waals surface area contributed by atoms with Crippen molar-refractivity contribution in [1.29, 1.82) is 0 Å². The van der Waals surface area contributed by atoms with Gasteiger partial charge in [0.25, 0.3) is 5.91 Å². The van der Waals surface area contributed by atoms with Gasteiger partial charge in [-0.1, -0.05) is 6.07 Å². The minimum Gasteiger partial charge on any atom is -0.355 e. The highest BCUT2D eigenvalue weighted by atomic mass is 19.4. The number of benzene rings is 1. The Labute approximate surface area is 204 Å². The van der Waals surface area contributed by atoms with Crippen LogP contribution in [0.3, 0.4) is 0 Å². The molecular formula is C26H33F3N4O2. The lowest BCUT2D eigenvalue weighted by atomic mass is 9.80. The van der Waals surface area contributed by atoms with Crippen LogP contribution in [0, 0.1) is 12.3 Å². The summed E-state index contributed by atoms with van der Waals surface area (Å²) in [4.78, 5) is 30.6. The van der Waals surface area contributed by atoms with Gasteiger partial charge >= 0.3 is 6.18 Å². The molecule has 0 unspecified atom stereocenters. The molecule has 6 nitrogen and oxygen atoms in total. The van der Waals surface area contributed by atoms with Gasteiger partial charge in [0, 0.05) is 49.9 Å². The number of hydrogen-bond donors (Lipinski definition) is 2. The number of rotatable bonds is 10. The predicted octanol–water partition coefficient (Wildman–Crippen LogP) is 3.85. The van der Waals surface area contributed by atoms with Gasteiger partial charge in [-0.25, -0.2) is 0 Å². The van der Waals surface area contributed by atoms with Gasteiger partial charge in [0.05, 0.1) is 5.41 Å². The van der Waals surface area contributed by atoms with Gasteiger partial charge < -0.3 is 15.5 Å². The molecular weight excluding hydrogens is 457 g/mol. The van der Waals surface area contributed by atoms with E-state index in [0.717, 1.165) is 11.1 Å². The SMILES string of the molecule is CNC(=O)c1ccc(C[C@@H](CNC(=O)C[C@H](c2ccncc2)C2(C(F)(F)F)CC2)N(C)C)c(C)c1. The van der Waals surface area contributed by atoms with Gasteiger partial charge in [0.15, 0.2) is 0 Å². The second kappa shape index (κ2) is 10.8. The molecule has 35 heavy (non-hydrogen) atoms. The molecule has 1 aromatic heterocycles. The molecule has 1 heterocycles. The molecule has 9 heteroatoms. The number of amides is 2. The zero-order valence-electron chi connectivity index (χ0n) is 20.6. The molecule has 1 aliphatic rings. The summed E-state index contributed by atoms with van der Waals surface area (Å²) < 4.78 is 41.7. The third-order valence-corrected chi connectivity index (χ3v) is 7.07. The summed E-state index contributed by atoms with van der Waals surface area (Å²) in [6.07, 6.45) is -0.994. The Morgan fingerprint density at radius 3 is 2.31 bits per heavy atom. The maximum Gasteiger partial charge on any atom is 0.395 e. The first kappa shape index (κ1) is 26.7. The number of hydrogen-bond acceptors (Lipinski definition) is 4. The molecule has 0 radical (unpaired) electrons. The highest BCUT2D eigenvalue weighted by Gasteiger charge is 2.67. The quantitative estimate of drug-likeness (QED) is 0.531. The zero-order chi connectivity index (χ0) is 25.8. The van der Waals surface area contributed by atoms with Crippen LogP contribution >= 0.6 is 0 Å². The van der Waals surface area contributed by atoms with Crippen LogP contribution in [-0.2, 0) is 11.2 Å². The van der Waals surface area contributed by atoms with Crippen LogP contribution in [0.2, 0.25) is 0 Å². The lowest BCUT2D eigenvalue weighted by Gasteiger charge is -2.30. The Balaban J connectivity index is 1.68. The van der Waals surface area contributed by atoms with Crippen molar-refractivity contribution in [3.05, 3.63) is 65.0 Å². The van der Waals surface area contributed by atoms with Crippen molar-refractivity contribution < 1.29 is 22.8 Å². The summed E-state index contributed by atoms with van der Waals surface area (Å²) in [6.45, 7) is 2.23. The maximum atomic E-state index is 13.9. The summed E-state index contributed by atoms with van der Waals surface area (Å²) >= 11 is 0. The fourth-order valence-corrected chi connectivity index (χ4v) is 4.58. The summed E-state index contributed by atoms with van der Waals surface area (Å²) in [7, 11) is 5.37. The Morgan fingerprint density at radius 2 is 1.80 bits per heavy atom. The van der Waals surface area contributed by atoms with Crippen LogP contribution in [0.4, 0.5) is 13.2 Å². The first-order valence-corrected chi connectivity index (χ1v) is 11.7. The smallest absolute Gasteiger partial charge is 0.355 e. The van der Waals surface area contributed by atoms with Crippen LogP contribution in [0.15, 0.2) is 42.7 Å². The number of likely N-dealkylation sites (N-methyl/N-ethyl adjacent to an activating group) is 1. The number of carbonyl (C=O) groups is 2. The van der Waals surface area contributed by atoms with E-state index in [0.29, 0.717) is 24.1 Å². The molecule has 1 fully saturated rings. The van der Waals surface area contributed by atoms with E-state index in [2.05, 4.69) is 15.6 Å². The first-order valence-electron chi connectivity index (χ1n) is 11.7. The van der Waals surface area contributed by atoms with E-state index in [1.165, 1.54) is 12.4 Å². The lowest BCUT2D eigenvalue weighted by Crippen LogP contribution is -2.43. The molecule has 3 rings (SSSR count). The average Bonchev–Trinajstić information content (AvgIpc) is 3.63. The number of alkyl halides is 3. The minimum absolute atomic E-state index is 0.0302. The number of nitrogens with one attached hydrogen (secondary N) is 2. The molecule has 190 valence electrons.